The molecule has 5 nitrogen and oxygen atoms in total. The number of aromatic nitrogens is 2. The number of ether oxygens (including phenoxy) is 1. The van der Waals surface area contributed by atoms with Crippen LogP contribution in [-0.4, -0.2) is 39.1 Å². The highest BCUT2D eigenvalue weighted by atomic mass is 32.2. The zero-order valence-electron chi connectivity index (χ0n) is 15.4. The van der Waals surface area contributed by atoms with Gasteiger partial charge in [-0.05, 0) is 32.8 Å². The first-order valence-electron chi connectivity index (χ1n) is 8.90. The highest BCUT2D eigenvalue weighted by molar-refractivity contribution is 7.99. The van der Waals surface area contributed by atoms with Crippen LogP contribution in [0.4, 0.5) is 5.82 Å². The quantitative estimate of drug-likeness (QED) is 0.425. The van der Waals surface area contributed by atoms with Gasteiger partial charge in [0.25, 0.3) is 0 Å². The highest BCUT2D eigenvalue weighted by Crippen LogP contribution is 2.41. The van der Waals surface area contributed by atoms with E-state index < -0.39 is 6.10 Å². The van der Waals surface area contributed by atoms with Gasteiger partial charge in [-0.15, -0.1) is 11.3 Å². The van der Waals surface area contributed by atoms with Crippen LogP contribution >= 0.6 is 23.1 Å². The summed E-state index contributed by atoms with van der Waals surface area (Å²) >= 11 is 3.42. The second kappa shape index (κ2) is 7.78. The summed E-state index contributed by atoms with van der Waals surface area (Å²) in [5, 5.41) is 14.9. The molecule has 0 saturated carbocycles. The summed E-state index contributed by atoms with van der Waals surface area (Å²) in [4.78, 5) is 11.8. The van der Waals surface area contributed by atoms with E-state index in [0.29, 0.717) is 13.2 Å². The van der Waals surface area contributed by atoms with Gasteiger partial charge in [-0.3, -0.25) is 0 Å². The molecule has 7 heteroatoms. The van der Waals surface area contributed by atoms with Gasteiger partial charge < -0.3 is 15.2 Å². The Hall–Kier alpha value is -0.890. The van der Waals surface area contributed by atoms with E-state index in [9.17, 15) is 5.11 Å². The molecule has 1 aliphatic heterocycles. The number of aliphatic hydroxyl groups excluding tert-OH is 1. The Morgan fingerprint density at radius 3 is 2.92 bits per heavy atom. The Balaban J connectivity index is 2.01. The third kappa shape index (κ3) is 4.45. The number of nitrogens with zero attached hydrogens (tertiary/aromatic N) is 2. The smallest absolute Gasteiger partial charge is 0.190 e. The van der Waals surface area contributed by atoms with Crippen LogP contribution in [0.1, 0.15) is 51.0 Å². The van der Waals surface area contributed by atoms with E-state index >= 15 is 0 Å². The number of thioether (sulfide) groups is 1. The van der Waals surface area contributed by atoms with E-state index in [2.05, 4.69) is 26.1 Å². The molecule has 138 valence electrons. The zero-order valence-corrected chi connectivity index (χ0v) is 17.0. The minimum absolute atomic E-state index is 0.170. The number of fused-ring (bicyclic) bond motifs is 3. The average molecular weight is 382 g/mol. The number of aliphatic hydroxyl groups is 1. The van der Waals surface area contributed by atoms with Gasteiger partial charge in [0.2, 0.25) is 0 Å². The predicted molar refractivity (Wildman–Crippen MR) is 106 cm³/mol. The molecule has 0 bridgehead atoms. The molecule has 0 fully saturated rings. The highest BCUT2D eigenvalue weighted by Gasteiger charge is 2.31. The molecular weight excluding hydrogens is 354 g/mol. The van der Waals surface area contributed by atoms with Gasteiger partial charge in [0.05, 0.1) is 23.7 Å². The summed E-state index contributed by atoms with van der Waals surface area (Å²) in [7, 11) is 0. The van der Waals surface area contributed by atoms with E-state index in [4.69, 9.17) is 14.7 Å². The Morgan fingerprint density at radius 1 is 1.40 bits per heavy atom. The van der Waals surface area contributed by atoms with Crippen molar-refractivity contribution >= 4 is 39.1 Å². The Labute approximate surface area is 157 Å². The van der Waals surface area contributed by atoms with Gasteiger partial charge in [-0.25, -0.2) is 9.97 Å². The van der Waals surface area contributed by atoms with E-state index in [1.165, 1.54) is 16.9 Å². The lowest BCUT2D eigenvalue weighted by Crippen LogP contribution is -2.31. The molecule has 1 atom stereocenters. The number of anilines is 1. The van der Waals surface area contributed by atoms with Gasteiger partial charge in [0.15, 0.2) is 5.16 Å². The molecule has 2 aromatic heterocycles. The Kier molecular flexibility index (Phi) is 5.88. The zero-order chi connectivity index (χ0) is 18.0. The third-order valence-corrected chi connectivity index (χ3v) is 6.24. The minimum Gasteiger partial charge on any atom is -0.392 e. The van der Waals surface area contributed by atoms with Crippen molar-refractivity contribution in [3.63, 3.8) is 0 Å². The maximum absolute atomic E-state index is 9.67. The first-order valence-corrected chi connectivity index (χ1v) is 10.7. The monoisotopic (exact) mass is 381 g/mol. The maximum atomic E-state index is 9.67. The molecule has 0 aromatic carbocycles. The van der Waals surface area contributed by atoms with Crippen molar-refractivity contribution in [3.8, 4) is 0 Å². The van der Waals surface area contributed by atoms with Gasteiger partial charge in [0.1, 0.15) is 10.6 Å². The molecule has 0 radical (unpaired) electrons. The van der Waals surface area contributed by atoms with Gasteiger partial charge in [-0.2, -0.15) is 0 Å². The molecule has 0 aliphatic carbocycles. The summed E-state index contributed by atoms with van der Waals surface area (Å²) in [6.45, 7) is 9.33. The third-order valence-electron chi connectivity index (χ3n) is 4.20. The fourth-order valence-electron chi connectivity index (χ4n) is 2.87. The van der Waals surface area contributed by atoms with E-state index in [1.54, 1.807) is 30.0 Å². The van der Waals surface area contributed by atoms with Crippen molar-refractivity contribution in [1.82, 2.24) is 9.97 Å². The van der Waals surface area contributed by atoms with Gasteiger partial charge >= 0.3 is 0 Å². The van der Waals surface area contributed by atoms with Gasteiger partial charge in [0, 0.05) is 23.6 Å². The predicted octanol–water partition coefficient (Wildman–Crippen LogP) is 4.23. The van der Waals surface area contributed by atoms with Crippen LogP contribution in [0.5, 0.6) is 0 Å². The molecule has 25 heavy (non-hydrogen) atoms. The topological polar surface area (TPSA) is 67.3 Å². The number of thiophene rings is 1. The Bertz CT molecular complexity index is 743. The molecule has 0 saturated heterocycles. The number of hydrogen-bond donors (Lipinski definition) is 2. The summed E-state index contributed by atoms with van der Waals surface area (Å²) in [6, 6.07) is 0. The van der Waals surface area contributed by atoms with Crippen molar-refractivity contribution in [2.24, 2.45) is 0 Å². The number of rotatable bonds is 7. The van der Waals surface area contributed by atoms with Gasteiger partial charge in [-0.1, -0.05) is 25.1 Å². The number of unbranched alkanes of at least 4 members (excludes halogenated alkanes) is 1. The lowest BCUT2D eigenvalue weighted by atomic mass is 9.94. The SMILES string of the molecule is CCCCSc1nc(NC[C@H](C)O)c2c3c(sc2n1)COC(C)(C)C3. The molecule has 3 rings (SSSR count). The molecule has 0 unspecified atom stereocenters. The first-order chi connectivity index (χ1) is 11.9. The van der Waals surface area contributed by atoms with E-state index in [1.807, 2.05) is 0 Å². The average Bonchev–Trinajstić information content (AvgIpc) is 2.89. The van der Waals surface area contributed by atoms with Crippen LogP contribution < -0.4 is 5.32 Å². The summed E-state index contributed by atoms with van der Waals surface area (Å²) in [6.07, 6.45) is 2.76. The summed E-state index contributed by atoms with van der Waals surface area (Å²) in [5.74, 6) is 1.87. The standard InChI is InChI=1S/C18H27N3O2S2/c1-5-6-7-24-17-20-15(19-9-11(2)22)14-12-8-18(3,4)23-10-13(12)25-16(14)21-17/h11,22H,5-10H2,1-4H3,(H,19,20,21)/t11-/m0/s1. The molecular formula is C18H27N3O2S2. The van der Waals surface area contributed by atoms with Crippen molar-refractivity contribution in [3.05, 3.63) is 10.4 Å². The number of nitrogens with one attached hydrogen (secondary N) is 1. The van der Waals surface area contributed by atoms with Crippen LogP contribution in [0, 0.1) is 0 Å². The second-order valence-electron chi connectivity index (χ2n) is 7.20. The van der Waals surface area contributed by atoms with Crippen LogP contribution in [0.25, 0.3) is 10.2 Å². The molecule has 2 aromatic rings. The first kappa shape index (κ1) is 18.9. The maximum Gasteiger partial charge on any atom is 0.190 e. The van der Waals surface area contributed by atoms with Crippen molar-refractivity contribution < 1.29 is 9.84 Å². The molecule has 3 heterocycles. The fourth-order valence-corrected chi connectivity index (χ4v) is 4.96. The lowest BCUT2D eigenvalue weighted by molar-refractivity contribution is -0.0379. The summed E-state index contributed by atoms with van der Waals surface area (Å²) < 4.78 is 5.97. The Morgan fingerprint density at radius 2 is 2.20 bits per heavy atom. The lowest BCUT2D eigenvalue weighted by Gasteiger charge is -2.30. The van der Waals surface area contributed by atoms with Crippen LogP contribution in [0.3, 0.4) is 0 Å². The van der Waals surface area contributed by atoms with Crippen molar-refractivity contribution in [1.29, 1.82) is 0 Å². The van der Waals surface area contributed by atoms with Crippen LogP contribution in [0.15, 0.2) is 5.16 Å². The molecule has 0 spiro atoms. The minimum atomic E-state index is -0.421. The normalized spacial score (nSPS) is 17.5. The van der Waals surface area contributed by atoms with E-state index in [0.717, 1.165) is 39.8 Å². The molecule has 2 N–H and O–H groups in total. The van der Waals surface area contributed by atoms with Crippen LogP contribution in [0.2, 0.25) is 0 Å². The molecule has 1 aliphatic rings. The number of hydrogen-bond acceptors (Lipinski definition) is 7. The molecule has 0 amide bonds. The summed E-state index contributed by atoms with van der Waals surface area (Å²) in [5.41, 5.74) is 1.13. The largest absolute Gasteiger partial charge is 0.392 e. The second-order valence-corrected chi connectivity index (χ2v) is 9.34. The van der Waals surface area contributed by atoms with Crippen LogP contribution in [-0.2, 0) is 17.8 Å². The van der Waals surface area contributed by atoms with Crippen molar-refractivity contribution in [2.45, 2.75) is 70.4 Å². The van der Waals surface area contributed by atoms with Crippen molar-refractivity contribution in [2.75, 3.05) is 17.6 Å². The fraction of sp³-hybridized carbons (Fsp3) is 0.667. The van der Waals surface area contributed by atoms with E-state index in [-0.39, 0.29) is 5.60 Å².